The number of hydrogen-bond acceptors (Lipinski definition) is 3. The number of nitrogens with two attached hydrogens (primary N) is 1. The van der Waals surface area contributed by atoms with Crippen LogP contribution in [-0.4, -0.2) is 11.6 Å². The second kappa shape index (κ2) is 8.26. The van der Waals surface area contributed by atoms with Gasteiger partial charge in [-0.2, -0.15) is 0 Å². The van der Waals surface area contributed by atoms with Crippen molar-refractivity contribution in [3.63, 3.8) is 0 Å². The molecule has 0 aliphatic heterocycles. The molecule has 140 valence electrons. The Kier molecular flexibility index (Phi) is 5.80. The lowest BCUT2D eigenvalue weighted by atomic mass is 9.92. The molecule has 0 aliphatic rings. The zero-order chi connectivity index (χ0) is 19.4. The summed E-state index contributed by atoms with van der Waals surface area (Å²) >= 11 is 0. The summed E-state index contributed by atoms with van der Waals surface area (Å²) in [4.78, 5) is 4.18. The first kappa shape index (κ1) is 19.0. The zero-order valence-electron chi connectivity index (χ0n) is 16.6. The van der Waals surface area contributed by atoms with E-state index in [2.05, 4.69) is 75.1 Å². The van der Waals surface area contributed by atoms with Crippen LogP contribution in [0.1, 0.15) is 49.3 Å². The average molecular weight is 361 g/mol. The maximum Gasteiger partial charge on any atom is 0.120 e. The third-order valence-electron chi connectivity index (χ3n) is 4.86. The summed E-state index contributed by atoms with van der Waals surface area (Å²) in [6.45, 7) is 9.23. The maximum atomic E-state index is 6.14. The first-order valence-corrected chi connectivity index (χ1v) is 9.49. The predicted molar refractivity (Wildman–Crippen MR) is 113 cm³/mol. The Balaban J connectivity index is 1.83. The Morgan fingerprint density at radius 1 is 1.00 bits per heavy atom. The third-order valence-corrected chi connectivity index (χ3v) is 4.86. The summed E-state index contributed by atoms with van der Waals surface area (Å²) in [6.07, 6.45) is 3.54. The minimum Gasteiger partial charge on any atom is -0.493 e. The van der Waals surface area contributed by atoms with Crippen LogP contribution < -0.4 is 10.5 Å². The highest BCUT2D eigenvalue weighted by Gasteiger charge is 2.12. The van der Waals surface area contributed by atoms with Crippen molar-refractivity contribution in [3.8, 4) is 16.9 Å². The summed E-state index contributed by atoms with van der Waals surface area (Å²) in [5, 5.41) is 0. The van der Waals surface area contributed by atoms with Crippen LogP contribution in [0.2, 0.25) is 0 Å². The minimum absolute atomic E-state index is 0.172. The molecule has 0 radical (unpaired) electrons. The molecule has 0 aliphatic carbocycles. The van der Waals surface area contributed by atoms with Crippen LogP contribution in [0.3, 0.4) is 0 Å². The van der Waals surface area contributed by atoms with Crippen LogP contribution in [0.5, 0.6) is 5.75 Å². The van der Waals surface area contributed by atoms with Crippen LogP contribution in [0, 0.1) is 6.92 Å². The summed E-state index contributed by atoms with van der Waals surface area (Å²) in [5.74, 6) is 1.53. The van der Waals surface area contributed by atoms with Gasteiger partial charge in [-0.3, -0.25) is 4.98 Å². The number of rotatable bonds is 6. The number of benzene rings is 2. The number of anilines is 1. The number of hydrogen-bond donors (Lipinski definition) is 1. The van der Waals surface area contributed by atoms with Crippen molar-refractivity contribution in [2.45, 2.75) is 39.5 Å². The molecule has 1 heterocycles. The summed E-state index contributed by atoms with van der Waals surface area (Å²) in [5.41, 5.74) is 12.9. The molecule has 3 nitrogen and oxygen atoms in total. The molecule has 0 saturated carbocycles. The van der Waals surface area contributed by atoms with Gasteiger partial charge in [-0.05, 0) is 58.9 Å². The smallest absolute Gasteiger partial charge is 0.120 e. The van der Waals surface area contributed by atoms with E-state index in [1.165, 1.54) is 22.3 Å². The number of aromatic nitrogens is 1. The molecule has 2 aromatic carbocycles. The largest absolute Gasteiger partial charge is 0.493 e. The number of nitrogen functional groups attached to an aromatic ring is 1. The van der Waals surface area contributed by atoms with E-state index in [-0.39, 0.29) is 5.92 Å². The van der Waals surface area contributed by atoms with Gasteiger partial charge in [0.15, 0.2) is 0 Å². The van der Waals surface area contributed by atoms with E-state index in [0.717, 1.165) is 17.0 Å². The van der Waals surface area contributed by atoms with E-state index in [0.29, 0.717) is 12.5 Å². The normalized spacial score (nSPS) is 12.2. The third kappa shape index (κ3) is 4.48. The van der Waals surface area contributed by atoms with E-state index >= 15 is 0 Å². The van der Waals surface area contributed by atoms with Crippen LogP contribution in [-0.2, 0) is 0 Å². The van der Waals surface area contributed by atoms with Crippen molar-refractivity contribution in [1.82, 2.24) is 4.98 Å². The summed E-state index contributed by atoms with van der Waals surface area (Å²) < 4.78 is 6.14. The SMILES string of the molecule is Cc1cc(OCC(C)c2cnccc2N)cc(-c2ccccc2C(C)C)c1. The fourth-order valence-corrected chi connectivity index (χ4v) is 3.39. The molecule has 1 unspecified atom stereocenters. The average Bonchev–Trinajstić information content (AvgIpc) is 2.66. The first-order valence-electron chi connectivity index (χ1n) is 9.49. The monoisotopic (exact) mass is 360 g/mol. The number of pyridine rings is 1. The predicted octanol–water partition coefficient (Wildman–Crippen LogP) is 5.95. The standard InChI is InChI=1S/C24H28N2O/c1-16(2)21-7-5-6-8-22(21)19-11-17(3)12-20(13-19)27-15-18(4)23-14-26-10-9-24(23)25/h5-14,16,18H,15H2,1-4H3,(H2,25,26). The Bertz CT molecular complexity index is 918. The van der Waals surface area contributed by atoms with Crippen LogP contribution in [0.4, 0.5) is 5.69 Å². The Morgan fingerprint density at radius 3 is 2.52 bits per heavy atom. The molecule has 0 spiro atoms. The van der Waals surface area contributed by atoms with Gasteiger partial charge >= 0.3 is 0 Å². The molecule has 0 saturated heterocycles. The van der Waals surface area contributed by atoms with Crippen molar-refractivity contribution in [1.29, 1.82) is 0 Å². The Hall–Kier alpha value is -2.81. The number of aryl methyl sites for hydroxylation is 1. The number of nitrogens with zero attached hydrogens (tertiary/aromatic N) is 1. The molecule has 0 amide bonds. The lowest BCUT2D eigenvalue weighted by molar-refractivity contribution is 0.296. The van der Waals surface area contributed by atoms with E-state index in [1.54, 1.807) is 6.20 Å². The molecule has 1 atom stereocenters. The molecule has 3 heteroatoms. The summed E-state index contributed by atoms with van der Waals surface area (Å²) in [6, 6.07) is 16.9. The highest BCUT2D eigenvalue weighted by molar-refractivity contribution is 5.70. The molecule has 0 bridgehead atoms. The van der Waals surface area contributed by atoms with Crippen LogP contribution in [0.25, 0.3) is 11.1 Å². The van der Waals surface area contributed by atoms with E-state index < -0.39 is 0 Å². The van der Waals surface area contributed by atoms with E-state index in [4.69, 9.17) is 10.5 Å². The first-order chi connectivity index (χ1) is 13.0. The van der Waals surface area contributed by atoms with Gasteiger partial charge in [0, 0.05) is 24.0 Å². The maximum absolute atomic E-state index is 6.14. The minimum atomic E-state index is 0.172. The lowest BCUT2D eigenvalue weighted by Gasteiger charge is -2.17. The molecule has 3 rings (SSSR count). The van der Waals surface area contributed by atoms with Crippen molar-refractivity contribution in [2.24, 2.45) is 0 Å². The molecular formula is C24H28N2O. The lowest BCUT2D eigenvalue weighted by Crippen LogP contribution is -2.09. The Morgan fingerprint density at radius 2 is 1.78 bits per heavy atom. The van der Waals surface area contributed by atoms with Gasteiger partial charge in [0.2, 0.25) is 0 Å². The highest BCUT2D eigenvalue weighted by Crippen LogP contribution is 2.32. The van der Waals surface area contributed by atoms with Crippen molar-refractivity contribution in [3.05, 3.63) is 77.6 Å². The van der Waals surface area contributed by atoms with E-state index in [1.807, 2.05) is 12.3 Å². The molecule has 2 N–H and O–H groups in total. The van der Waals surface area contributed by atoms with Gasteiger partial charge in [-0.1, -0.05) is 51.1 Å². The van der Waals surface area contributed by atoms with Crippen LogP contribution >= 0.6 is 0 Å². The number of ether oxygens (including phenoxy) is 1. The van der Waals surface area contributed by atoms with Gasteiger partial charge in [0.05, 0.1) is 6.61 Å². The molecule has 1 aromatic heterocycles. The van der Waals surface area contributed by atoms with Crippen LogP contribution in [0.15, 0.2) is 60.9 Å². The van der Waals surface area contributed by atoms with Gasteiger partial charge < -0.3 is 10.5 Å². The molecular weight excluding hydrogens is 332 g/mol. The van der Waals surface area contributed by atoms with Gasteiger partial charge in [0.25, 0.3) is 0 Å². The van der Waals surface area contributed by atoms with E-state index in [9.17, 15) is 0 Å². The quantitative estimate of drug-likeness (QED) is 0.591. The van der Waals surface area contributed by atoms with Crippen molar-refractivity contribution >= 4 is 5.69 Å². The summed E-state index contributed by atoms with van der Waals surface area (Å²) in [7, 11) is 0. The molecule has 3 aromatic rings. The zero-order valence-corrected chi connectivity index (χ0v) is 16.6. The Labute approximate surface area is 162 Å². The van der Waals surface area contributed by atoms with Crippen molar-refractivity contribution in [2.75, 3.05) is 12.3 Å². The van der Waals surface area contributed by atoms with Gasteiger partial charge in [-0.15, -0.1) is 0 Å². The highest BCUT2D eigenvalue weighted by atomic mass is 16.5. The second-order valence-corrected chi connectivity index (χ2v) is 7.49. The second-order valence-electron chi connectivity index (χ2n) is 7.49. The fraction of sp³-hybridized carbons (Fsp3) is 0.292. The van der Waals surface area contributed by atoms with Gasteiger partial charge in [0.1, 0.15) is 5.75 Å². The molecule has 0 fully saturated rings. The molecule has 27 heavy (non-hydrogen) atoms. The topological polar surface area (TPSA) is 48.1 Å². The van der Waals surface area contributed by atoms with Crippen molar-refractivity contribution < 1.29 is 4.74 Å². The fourth-order valence-electron chi connectivity index (χ4n) is 3.39. The van der Waals surface area contributed by atoms with Gasteiger partial charge in [-0.25, -0.2) is 0 Å².